The Labute approximate surface area is 57.2 Å². The van der Waals surface area contributed by atoms with E-state index in [9.17, 15) is 4.21 Å². The molecule has 1 fully saturated rings. The Morgan fingerprint density at radius 1 is 1.67 bits per heavy atom. The molecule has 0 aliphatic carbocycles. The summed E-state index contributed by atoms with van der Waals surface area (Å²) in [5, 5.41) is 0. The lowest BCUT2D eigenvalue weighted by molar-refractivity contribution is 0.224. The van der Waals surface area contributed by atoms with Gasteiger partial charge in [0.2, 0.25) is 0 Å². The largest absolute Gasteiger partial charge is 0.304 e. The van der Waals surface area contributed by atoms with Crippen LogP contribution in [0.5, 0.6) is 0 Å². The third kappa shape index (κ3) is 2.43. The Bertz CT molecular complexity index is 115. The van der Waals surface area contributed by atoms with E-state index in [0.717, 1.165) is 12.8 Å². The standard InChI is InChI=1S/C5H10O3S/c1-5-3-2-4-7-9(6)8-5/h5H,2-4H2,1H3. The van der Waals surface area contributed by atoms with Gasteiger partial charge in [0.25, 0.3) is 0 Å². The fraction of sp³-hybridized carbons (Fsp3) is 1.00. The van der Waals surface area contributed by atoms with E-state index in [1.165, 1.54) is 0 Å². The molecule has 1 rings (SSSR count). The molecule has 9 heavy (non-hydrogen) atoms. The van der Waals surface area contributed by atoms with Crippen LogP contribution in [-0.2, 0) is 19.7 Å². The summed E-state index contributed by atoms with van der Waals surface area (Å²) in [6.07, 6.45) is 1.95. The highest BCUT2D eigenvalue weighted by molar-refractivity contribution is 7.75. The molecule has 1 heterocycles. The maximum atomic E-state index is 10.6. The van der Waals surface area contributed by atoms with E-state index in [-0.39, 0.29) is 6.10 Å². The molecule has 2 unspecified atom stereocenters. The van der Waals surface area contributed by atoms with Crippen molar-refractivity contribution in [3.05, 3.63) is 0 Å². The van der Waals surface area contributed by atoms with E-state index in [0.29, 0.717) is 6.61 Å². The highest BCUT2D eigenvalue weighted by Crippen LogP contribution is 2.09. The van der Waals surface area contributed by atoms with Crippen LogP contribution in [0.25, 0.3) is 0 Å². The summed E-state index contributed by atoms with van der Waals surface area (Å²) in [6.45, 7) is 2.45. The summed E-state index contributed by atoms with van der Waals surface area (Å²) in [6, 6.07) is 0. The normalized spacial score (nSPS) is 37.9. The van der Waals surface area contributed by atoms with Crippen LogP contribution in [0.1, 0.15) is 19.8 Å². The van der Waals surface area contributed by atoms with Crippen LogP contribution in [0.2, 0.25) is 0 Å². The highest BCUT2D eigenvalue weighted by atomic mass is 32.2. The molecule has 3 nitrogen and oxygen atoms in total. The minimum absolute atomic E-state index is 0.0772. The van der Waals surface area contributed by atoms with Gasteiger partial charge in [-0.1, -0.05) is 0 Å². The minimum atomic E-state index is -1.49. The second-order valence-electron chi connectivity index (χ2n) is 2.08. The predicted octanol–water partition coefficient (Wildman–Crippen LogP) is 0.781. The molecule has 0 bridgehead atoms. The Morgan fingerprint density at radius 2 is 2.44 bits per heavy atom. The third-order valence-electron chi connectivity index (χ3n) is 1.18. The first-order valence-electron chi connectivity index (χ1n) is 3.01. The Morgan fingerprint density at radius 3 is 3.22 bits per heavy atom. The van der Waals surface area contributed by atoms with Crippen LogP contribution >= 0.6 is 0 Å². The predicted molar refractivity (Wildman–Crippen MR) is 33.9 cm³/mol. The topological polar surface area (TPSA) is 35.5 Å². The molecule has 1 aliphatic rings. The molecule has 2 atom stereocenters. The number of hydrogen-bond donors (Lipinski definition) is 0. The van der Waals surface area contributed by atoms with E-state index in [2.05, 4.69) is 0 Å². The lowest BCUT2D eigenvalue weighted by Gasteiger charge is -2.02. The summed E-state index contributed by atoms with van der Waals surface area (Å²) in [4.78, 5) is 0. The SMILES string of the molecule is CC1CCCOS(=O)O1. The van der Waals surface area contributed by atoms with Crippen LogP contribution in [0.15, 0.2) is 0 Å². The van der Waals surface area contributed by atoms with E-state index < -0.39 is 11.4 Å². The van der Waals surface area contributed by atoms with Crippen molar-refractivity contribution in [3.8, 4) is 0 Å². The van der Waals surface area contributed by atoms with Crippen molar-refractivity contribution in [1.29, 1.82) is 0 Å². The van der Waals surface area contributed by atoms with Gasteiger partial charge in [0.05, 0.1) is 12.7 Å². The molecular weight excluding hydrogens is 140 g/mol. The van der Waals surface area contributed by atoms with Crippen molar-refractivity contribution in [2.45, 2.75) is 25.9 Å². The van der Waals surface area contributed by atoms with E-state index >= 15 is 0 Å². The van der Waals surface area contributed by atoms with Gasteiger partial charge in [-0.25, -0.2) is 0 Å². The zero-order valence-corrected chi connectivity index (χ0v) is 6.15. The molecule has 0 spiro atoms. The van der Waals surface area contributed by atoms with Crippen molar-refractivity contribution in [3.63, 3.8) is 0 Å². The molecule has 0 amide bonds. The zero-order valence-electron chi connectivity index (χ0n) is 5.33. The summed E-state index contributed by atoms with van der Waals surface area (Å²) in [5.74, 6) is 0. The van der Waals surface area contributed by atoms with Gasteiger partial charge < -0.3 is 0 Å². The lowest BCUT2D eigenvalue weighted by atomic mass is 10.2. The van der Waals surface area contributed by atoms with Crippen molar-refractivity contribution in [1.82, 2.24) is 0 Å². The average Bonchev–Trinajstić information content (AvgIpc) is 1.93. The first-order chi connectivity index (χ1) is 4.29. The molecule has 1 saturated heterocycles. The summed E-state index contributed by atoms with van der Waals surface area (Å²) >= 11 is -1.49. The van der Waals surface area contributed by atoms with Crippen molar-refractivity contribution < 1.29 is 12.6 Å². The quantitative estimate of drug-likeness (QED) is 0.512. The molecule has 0 aromatic heterocycles. The summed E-state index contributed by atoms with van der Waals surface area (Å²) < 4.78 is 20.1. The summed E-state index contributed by atoms with van der Waals surface area (Å²) in [5.41, 5.74) is 0. The van der Waals surface area contributed by atoms with Gasteiger partial charge >= 0.3 is 11.4 Å². The van der Waals surface area contributed by atoms with Gasteiger partial charge in [-0.15, -0.1) is 0 Å². The monoisotopic (exact) mass is 150 g/mol. The Balaban J connectivity index is 2.37. The molecule has 0 aromatic carbocycles. The summed E-state index contributed by atoms with van der Waals surface area (Å²) in [7, 11) is 0. The van der Waals surface area contributed by atoms with Crippen molar-refractivity contribution in [2.24, 2.45) is 0 Å². The fourth-order valence-corrected chi connectivity index (χ4v) is 1.38. The molecule has 0 aromatic rings. The Kier molecular flexibility index (Phi) is 2.63. The second kappa shape index (κ2) is 3.29. The van der Waals surface area contributed by atoms with Gasteiger partial charge in [-0.05, 0) is 19.8 Å². The van der Waals surface area contributed by atoms with Crippen LogP contribution in [0.4, 0.5) is 0 Å². The maximum Gasteiger partial charge on any atom is 0.304 e. The van der Waals surface area contributed by atoms with Crippen molar-refractivity contribution in [2.75, 3.05) is 6.61 Å². The van der Waals surface area contributed by atoms with Crippen LogP contribution in [0, 0.1) is 0 Å². The highest BCUT2D eigenvalue weighted by Gasteiger charge is 2.12. The van der Waals surface area contributed by atoms with Gasteiger partial charge in [-0.3, -0.25) is 8.37 Å². The molecule has 0 radical (unpaired) electrons. The van der Waals surface area contributed by atoms with Gasteiger partial charge in [0, 0.05) is 0 Å². The van der Waals surface area contributed by atoms with E-state index in [4.69, 9.17) is 8.37 Å². The molecule has 0 saturated carbocycles. The van der Waals surface area contributed by atoms with E-state index in [1.54, 1.807) is 0 Å². The Hall–Kier alpha value is 0.0700. The fourth-order valence-electron chi connectivity index (χ4n) is 0.708. The number of hydrogen-bond acceptors (Lipinski definition) is 3. The first kappa shape index (κ1) is 7.18. The maximum absolute atomic E-state index is 10.6. The van der Waals surface area contributed by atoms with Gasteiger partial charge in [0.15, 0.2) is 0 Å². The smallest absolute Gasteiger partial charge is 0.268 e. The molecule has 1 aliphatic heterocycles. The lowest BCUT2D eigenvalue weighted by Crippen LogP contribution is -2.06. The third-order valence-corrected chi connectivity index (χ3v) is 2.02. The molecular formula is C5H10O3S. The van der Waals surface area contributed by atoms with Crippen molar-refractivity contribution >= 4 is 11.4 Å². The molecule has 54 valence electrons. The van der Waals surface area contributed by atoms with E-state index in [1.807, 2.05) is 6.92 Å². The molecule has 0 N–H and O–H groups in total. The number of rotatable bonds is 0. The van der Waals surface area contributed by atoms with Gasteiger partial charge in [0.1, 0.15) is 0 Å². The average molecular weight is 150 g/mol. The first-order valence-corrected chi connectivity index (χ1v) is 4.01. The van der Waals surface area contributed by atoms with Crippen LogP contribution in [0.3, 0.4) is 0 Å². The second-order valence-corrected chi connectivity index (χ2v) is 2.91. The van der Waals surface area contributed by atoms with Gasteiger partial charge in [-0.2, -0.15) is 4.21 Å². The zero-order chi connectivity index (χ0) is 6.69. The van der Waals surface area contributed by atoms with Crippen LogP contribution in [-0.4, -0.2) is 16.9 Å². The minimum Gasteiger partial charge on any atom is -0.268 e. The van der Waals surface area contributed by atoms with Crippen LogP contribution < -0.4 is 0 Å². The molecule has 4 heteroatoms.